The highest BCUT2D eigenvalue weighted by atomic mass is 35.5. The first kappa shape index (κ1) is 22.0. The molecule has 0 fully saturated rings. The molecular weight excluding hydrogens is 449 g/mol. The second-order valence-electron chi connectivity index (χ2n) is 5.86. The molecule has 3 nitrogen and oxygen atoms in total. The van der Waals surface area contributed by atoms with Crippen molar-refractivity contribution in [3.63, 3.8) is 0 Å². The molecule has 1 heterocycles. The highest BCUT2D eigenvalue weighted by Crippen LogP contribution is 2.40. The molecule has 0 saturated carbocycles. The van der Waals surface area contributed by atoms with E-state index < -0.39 is 41.7 Å². The normalized spacial score (nSPS) is 11.2. The van der Waals surface area contributed by atoms with Crippen molar-refractivity contribution in [1.29, 1.82) is 0 Å². The molecule has 0 aliphatic heterocycles. The summed E-state index contributed by atoms with van der Waals surface area (Å²) in [6.45, 7) is -1.26. The van der Waals surface area contributed by atoms with Crippen LogP contribution in [0, 0.1) is 23.5 Å². The second kappa shape index (κ2) is 9.00. The Morgan fingerprint density at radius 1 is 1.10 bits per heavy atom. The number of alkyl halides is 3. The molecule has 0 saturated heterocycles. The van der Waals surface area contributed by atoms with Gasteiger partial charge in [0.05, 0.1) is 5.69 Å². The predicted molar refractivity (Wildman–Crippen MR) is 102 cm³/mol. The summed E-state index contributed by atoms with van der Waals surface area (Å²) in [4.78, 5) is -1.03. The molecule has 0 spiro atoms. The van der Waals surface area contributed by atoms with Crippen LogP contribution in [0.1, 0.15) is 16.0 Å². The van der Waals surface area contributed by atoms with E-state index >= 15 is 0 Å². The van der Waals surface area contributed by atoms with Gasteiger partial charge in [-0.1, -0.05) is 35.6 Å². The molecule has 3 rings (SSSR count). The number of hydrogen-bond acceptors (Lipinski definition) is 4. The molecule has 0 aliphatic rings. The molecule has 10 heteroatoms. The minimum absolute atomic E-state index is 0.0183. The van der Waals surface area contributed by atoms with E-state index in [4.69, 9.17) is 21.4 Å². The Balaban J connectivity index is 1.96. The molecular formula is C20H11ClF5NO2S. The zero-order valence-electron chi connectivity index (χ0n) is 14.9. The summed E-state index contributed by atoms with van der Waals surface area (Å²) in [5.74, 6) is 1.45. The Labute approximate surface area is 176 Å². The summed E-state index contributed by atoms with van der Waals surface area (Å²) in [5.41, 5.74) is -0.0743. The molecule has 30 heavy (non-hydrogen) atoms. The number of nitrogens with zero attached hydrogens (tertiary/aromatic N) is 1. The van der Waals surface area contributed by atoms with Crippen LogP contribution in [-0.2, 0) is 12.8 Å². The van der Waals surface area contributed by atoms with Crippen LogP contribution in [0.2, 0.25) is 5.02 Å². The van der Waals surface area contributed by atoms with Crippen molar-refractivity contribution in [2.75, 3.05) is 6.61 Å². The van der Waals surface area contributed by atoms with Gasteiger partial charge in [-0.3, -0.25) is 0 Å². The van der Waals surface area contributed by atoms with Gasteiger partial charge >= 0.3 is 6.18 Å². The Morgan fingerprint density at radius 3 is 2.30 bits per heavy atom. The number of halogens is 6. The minimum atomic E-state index is -4.72. The number of ether oxygens (including phenoxy) is 1. The lowest BCUT2D eigenvalue weighted by Crippen LogP contribution is -2.09. The molecule has 0 amide bonds. The Hall–Kier alpha value is -2.67. The first-order chi connectivity index (χ1) is 14.2. The highest BCUT2D eigenvalue weighted by Gasteiger charge is 2.38. The van der Waals surface area contributed by atoms with Gasteiger partial charge in [0.1, 0.15) is 18.1 Å². The zero-order chi connectivity index (χ0) is 21.9. The van der Waals surface area contributed by atoms with Crippen molar-refractivity contribution in [3.8, 4) is 28.8 Å². The van der Waals surface area contributed by atoms with Crippen LogP contribution in [0.5, 0.6) is 5.75 Å². The number of aliphatic hydroxyl groups is 1. The van der Waals surface area contributed by atoms with Gasteiger partial charge in [0, 0.05) is 21.7 Å². The van der Waals surface area contributed by atoms with Gasteiger partial charge in [-0.15, -0.1) is 0 Å². The van der Waals surface area contributed by atoms with Crippen molar-refractivity contribution in [2.45, 2.75) is 12.8 Å². The fourth-order valence-corrected chi connectivity index (χ4v) is 3.45. The third-order valence-corrected chi connectivity index (χ3v) is 5.02. The van der Waals surface area contributed by atoms with Crippen LogP contribution < -0.4 is 4.74 Å². The van der Waals surface area contributed by atoms with Crippen LogP contribution in [0.25, 0.3) is 11.3 Å². The quantitative estimate of drug-likeness (QED) is 0.403. The van der Waals surface area contributed by atoms with Gasteiger partial charge in [0.2, 0.25) is 0 Å². The molecule has 0 radical (unpaired) electrons. The van der Waals surface area contributed by atoms with Crippen LogP contribution in [0.4, 0.5) is 22.0 Å². The standard InChI is InChI=1S/C20H11ClF5NO2S/c21-13-5-3-12(4-6-13)17-14(19(30-27-17)20(24,25)26)10-29-18-15(22)8-11(2-1-7-28)9-16(18)23/h3-6,8-9,28H,7,10H2. The molecule has 0 unspecified atom stereocenters. The largest absolute Gasteiger partial charge is 0.483 e. The maximum Gasteiger partial charge on any atom is 0.427 e. The number of benzene rings is 2. The fourth-order valence-electron chi connectivity index (χ4n) is 2.56. The number of rotatable bonds is 4. The van der Waals surface area contributed by atoms with E-state index in [0.717, 1.165) is 12.1 Å². The average molecular weight is 460 g/mol. The van der Waals surface area contributed by atoms with E-state index in [2.05, 4.69) is 16.2 Å². The summed E-state index contributed by atoms with van der Waals surface area (Å²) in [5, 5.41) is 9.03. The van der Waals surface area contributed by atoms with E-state index in [-0.39, 0.29) is 28.4 Å². The van der Waals surface area contributed by atoms with Gasteiger partial charge < -0.3 is 9.84 Å². The van der Waals surface area contributed by atoms with E-state index in [1.54, 1.807) is 0 Å². The van der Waals surface area contributed by atoms with Crippen molar-refractivity contribution in [3.05, 3.63) is 69.1 Å². The van der Waals surface area contributed by atoms with E-state index in [1.807, 2.05) is 0 Å². The lowest BCUT2D eigenvalue weighted by atomic mass is 10.1. The summed E-state index contributed by atoms with van der Waals surface area (Å²) >= 11 is 6.03. The van der Waals surface area contributed by atoms with E-state index in [0.29, 0.717) is 10.6 Å². The van der Waals surface area contributed by atoms with E-state index in [1.165, 1.54) is 24.3 Å². The molecule has 156 valence electrons. The SMILES string of the molecule is OCC#Cc1cc(F)c(OCc2c(-c3ccc(Cl)cc3)nsc2C(F)(F)F)c(F)c1. The predicted octanol–water partition coefficient (Wildman–Crippen LogP) is 5.68. The Kier molecular flexibility index (Phi) is 6.61. The maximum absolute atomic E-state index is 14.2. The lowest BCUT2D eigenvalue weighted by molar-refractivity contribution is -0.135. The molecule has 1 N–H and O–H groups in total. The summed E-state index contributed by atoms with van der Waals surface area (Å²) in [6.07, 6.45) is -4.72. The van der Waals surface area contributed by atoms with Crippen molar-refractivity contribution in [1.82, 2.24) is 4.37 Å². The number of aliphatic hydroxyl groups excluding tert-OH is 1. The fraction of sp³-hybridized carbons (Fsp3) is 0.150. The second-order valence-corrected chi connectivity index (χ2v) is 7.07. The lowest BCUT2D eigenvalue weighted by Gasteiger charge is -2.12. The minimum Gasteiger partial charge on any atom is -0.483 e. The topological polar surface area (TPSA) is 42.4 Å². The van der Waals surface area contributed by atoms with Crippen molar-refractivity contribution >= 4 is 23.1 Å². The van der Waals surface area contributed by atoms with Gasteiger partial charge in [0.25, 0.3) is 0 Å². The summed E-state index contributed by atoms with van der Waals surface area (Å²) < 4.78 is 77.6. The van der Waals surface area contributed by atoms with Gasteiger partial charge in [-0.25, -0.2) is 8.78 Å². The van der Waals surface area contributed by atoms with Crippen LogP contribution in [-0.4, -0.2) is 16.1 Å². The first-order valence-corrected chi connectivity index (χ1v) is 9.39. The van der Waals surface area contributed by atoms with Gasteiger partial charge in [-0.05, 0) is 35.8 Å². The maximum atomic E-state index is 14.2. The van der Waals surface area contributed by atoms with E-state index in [9.17, 15) is 22.0 Å². The van der Waals surface area contributed by atoms with Crippen molar-refractivity contribution in [2.24, 2.45) is 0 Å². The zero-order valence-corrected chi connectivity index (χ0v) is 16.4. The average Bonchev–Trinajstić information content (AvgIpc) is 3.10. The monoisotopic (exact) mass is 459 g/mol. The molecule has 1 aromatic heterocycles. The summed E-state index contributed by atoms with van der Waals surface area (Å²) in [7, 11) is 0. The Morgan fingerprint density at radius 2 is 1.73 bits per heavy atom. The Bertz CT molecular complexity index is 1090. The van der Waals surface area contributed by atoms with Gasteiger partial charge in [-0.2, -0.15) is 17.5 Å². The smallest absolute Gasteiger partial charge is 0.427 e. The number of aromatic nitrogens is 1. The van der Waals surface area contributed by atoms with Crippen LogP contribution >= 0.6 is 23.1 Å². The third-order valence-electron chi connectivity index (χ3n) is 3.83. The molecule has 2 aromatic carbocycles. The van der Waals surface area contributed by atoms with Crippen LogP contribution in [0.3, 0.4) is 0 Å². The molecule has 0 bridgehead atoms. The molecule has 0 atom stereocenters. The third kappa shape index (κ3) is 4.90. The summed E-state index contributed by atoms with van der Waals surface area (Å²) in [6, 6.07) is 7.66. The molecule has 0 aliphatic carbocycles. The highest BCUT2D eigenvalue weighted by molar-refractivity contribution is 7.06. The van der Waals surface area contributed by atoms with Gasteiger partial charge in [0.15, 0.2) is 17.4 Å². The number of hydrogen-bond donors (Lipinski definition) is 1. The first-order valence-electron chi connectivity index (χ1n) is 8.24. The van der Waals surface area contributed by atoms with Crippen LogP contribution in [0.15, 0.2) is 36.4 Å². The molecule has 3 aromatic rings. The van der Waals surface area contributed by atoms with Crippen molar-refractivity contribution < 1.29 is 31.8 Å².